The number of hydrogen-bond acceptors (Lipinski definition) is 4. The first kappa shape index (κ1) is 12.8. The molecule has 1 unspecified atom stereocenters. The van der Waals surface area contributed by atoms with Crippen LogP contribution in [0.5, 0.6) is 0 Å². The Morgan fingerprint density at radius 2 is 2.06 bits per heavy atom. The normalized spacial score (nSPS) is 28.8. The van der Waals surface area contributed by atoms with E-state index in [0.717, 1.165) is 19.4 Å². The van der Waals surface area contributed by atoms with Crippen LogP contribution in [0.3, 0.4) is 0 Å². The molecular formula is C12H21NO4. The topological polar surface area (TPSA) is 67.8 Å². The zero-order valence-corrected chi connectivity index (χ0v) is 10.1. The van der Waals surface area contributed by atoms with Crippen molar-refractivity contribution in [1.82, 2.24) is 5.32 Å². The van der Waals surface area contributed by atoms with Gasteiger partial charge in [-0.25, -0.2) is 0 Å². The maximum absolute atomic E-state index is 11.4. The summed E-state index contributed by atoms with van der Waals surface area (Å²) in [5, 5.41) is 12.6. The van der Waals surface area contributed by atoms with Gasteiger partial charge in [-0.1, -0.05) is 0 Å². The fourth-order valence-corrected chi connectivity index (χ4v) is 2.46. The Morgan fingerprint density at radius 1 is 1.29 bits per heavy atom. The fourth-order valence-electron chi connectivity index (χ4n) is 2.46. The summed E-state index contributed by atoms with van der Waals surface area (Å²) < 4.78 is 10.8. The zero-order chi connectivity index (χ0) is 12.1. The van der Waals surface area contributed by atoms with Crippen molar-refractivity contribution in [3.05, 3.63) is 0 Å². The Bertz CT molecular complexity index is 257. The predicted octanol–water partition coefficient (Wildman–Crippen LogP) is 0.779. The van der Waals surface area contributed by atoms with E-state index in [1.165, 1.54) is 6.42 Å². The third kappa shape index (κ3) is 3.18. The first-order valence-corrected chi connectivity index (χ1v) is 6.41. The van der Waals surface area contributed by atoms with Gasteiger partial charge in [-0.2, -0.15) is 0 Å². The highest BCUT2D eigenvalue weighted by molar-refractivity contribution is 5.78. The van der Waals surface area contributed by atoms with E-state index >= 15 is 0 Å². The average molecular weight is 243 g/mol. The molecule has 0 bridgehead atoms. The van der Waals surface area contributed by atoms with Gasteiger partial charge in [0.05, 0.1) is 6.10 Å². The molecule has 1 atom stereocenters. The van der Waals surface area contributed by atoms with Crippen LogP contribution >= 0.6 is 0 Å². The van der Waals surface area contributed by atoms with E-state index in [9.17, 15) is 9.90 Å². The van der Waals surface area contributed by atoms with E-state index < -0.39 is 11.5 Å². The number of nitrogens with one attached hydrogen (secondary N) is 1. The molecule has 0 amide bonds. The van der Waals surface area contributed by atoms with Gasteiger partial charge in [-0.3, -0.25) is 10.1 Å². The van der Waals surface area contributed by atoms with E-state index in [1.807, 2.05) is 0 Å². The number of carbonyl (C=O) groups is 1. The molecular weight excluding hydrogens is 222 g/mol. The van der Waals surface area contributed by atoms with E-state index in [1.54, 1.807) is 0 Å². The van der Waals surface area contributed by atoms with E-state index in [-0.39, 0.29) is 6.10 Å². The minimum atomic E-state index is -0.806. The molecule has 0 spiro atoms. The summed E-state index contributed by atoms with van der Waals surface area (Å²) in [4.78, 5) is 11.4. The standard InChI is InChI=1S/C12H21NO4/c14-11(15)12(4-7-16-8-5-12)13-9-10-3-1-2-6-17-10/h10,13H,1-9H2,(H,14,15). The van der Waals surface area contributed by atoms with Crippen molar-refractivity contribution in [2.45, 2.75) is 43.7 Å². The molecule has 2 aliphatic heterocycles. The Labute approximate surface area is 101 Å². The highest BCUT2D eigenvalue weighted by Crippen LogP contribution is 2.22. The number of carboxylic acid groups (broad SMARTS) is 1. The molecule has 2 saturated heterocycles. The van der Waals surface area contributed by atoms with E-state index in [4.69, 9.17) is 9.47 Å². The lowest BCUT2D eigenvalue weighted by Crippen LogP contribution is -2.57. The number of rotatable bonds is 4. The van der Waals surface area contributed by atoms with Gasteiger partial charge in [0.25, 0.3) is 0 Å². The monoisotopic (exact) mass is 243 g/mol. The zero-order valence-electron chi connectivity index (χ0n) is 10.1. The molecule has 17 heavy (non-hydrogen) atoms. The molecule has 2 N–H and O–H groups in total. The van der Waals surface area contributed by atoms with Crippen LogP contribution in [0.2, 0.25) is 0 Å². The highest BCUT2D eigenvalue weighted by Gasteiger charge is 2.40. The first-order chi connectivity index (χ1) is 8.23. The third-order valence-corrected chi connectivity index (χ3v) is 3.70. The summed E-state index contributed by atoms with van der Waals surface area (Å²) in [5.74, 6) is -0.767. The lowest BCUT2D eigenvalue weighted by Gasteiger charge is -2.36. The number of carboxylic acids is 1. The molecule has 0 saturated carbocycles. The van der Waals surface area contributed by atoms with Gasteiger partial charge in [0, 0.05) is 26.4 Å². The molecule has 0 aromatic rings. The lowest BCUT2D eigenvalue weighted by atomic mass is 9.89. The van der Waals surface area contributed by atoms with Crippen LogP contribution in [0, 0.1) is 0 Å². The van der Waals surface area contributed by atoms with E-state index in [0.29, 0.717) is 32.6 Å². The molecule has 2 fully saturated rings. The van der Waals surface area contributed by atoms with Crippen molar-refractivity contribution in [1.29, 1.82) is 0 Å². The van der Waals surface area contributed by atoms with Gasteiger partial charge in [0.1, 0.15) is 5.54 Å². The van der Waals surface area contributed by atoms with Gasteiger partial charge in [0.15, 0.2) is 0 Å². The van der Waals surface area contributed by atoms with Crippen molar-refractivity contribution in [2.24, 2.45) is 0 Å². The van der Waals surface area contributed by atoms with Crippen LogP contribution in [0.4, 0.5) is 0 Å². The summed E-state index contributed by atoms with van der Waals surface area (Å²) in [6.07, 6.45) is 4.57. The van der Waals surface area contributed by atoms with Gasteiger partial charge in [-0.05, 0) is 32.1 Å². The van der Waals surface area contributed by atoms with Gasteiger partial charge in [0.2, 0.25) is 0 Å². The van der Waals surface area contributed by atoms with Gasteiger partial charge < -0.3 is 14.6 Å². The smallest absolute Gasteiger partial charge is 0.324 e. The van der Waals surface area contributed by atoms with Crippen LogP contribution in [-0.4, -0.2) is 49.1 Å². The second kappa shape index (κ2) is 5.80. The maximum Gasteiger partial charge on any atom is 0.324 e. The average Bonchev–Trinajstić information content (AvgIpc) is 2.38. The molecule has 0 radical (unpaired) electrons. The highest BCUT2D eigenvalue weighted by atomic mass is 16.5. The van der Waals surface area contributed by atoms with Crippen molar-refractivity contribution in [3.63, 3.8) is 0 Å². The van der Waals surface area contributed by atoms with Crippen molar-refractivity contribution in [2.75, 3.05) is 26.4 Å². The first-order valence-electron chi connectivity index (χ1n) is 6.41. The number of aliphatic carboxylic acids is 1. The third-order valence-electron chi connectivity index (χ3n) is 3.70. The number of hydrogen-bond donors (Lipinski definition) is 2. The molecule has 2 rings (SSSR count). The van der Waals surface area contributed by atoms with E-state index in [2.05, 4.69) is 5.32 Å². The quantitative estimate of drug-likeness (QED) is 0.763. The molecule has 5 nitrogen and oxygen atoms in total. The SMILES string of the molecule is O=C(O)C1(NCC2CCCCO2)CCOCC1. The molecule has 0 aromatic carbocycles. The second-order valence-corrected chi connectivity index (χ2v) is 4.87. The Balaban J connectivity index is 1.86. The lowest BCUT2D eigenvalue weighted by molar-refractivity contribution is -0.149. The summed E-state index contributed by atoms with van der Waals surface area (Å²) >= 11 is 0. The Morgan fingerprint density at radius 3 is 2.65 bits per heavy atom. The van der Waals surface area contributed by atoms with Crippen LogP contribution in [-0.2, 0) is 14.3 Å². The largest absolute Gasteiger partial charge is 0.480 e. The maximum atomic E-state index is 11.4. The van der Waals surface area contributed by atoms with Crippen LogP contribution < -0.4 is 5.32 Å². The molecule has 5 heteroatoms. The van der Waals surface area contributed by atoms with Crippen LogP contribution in [0.25, 0.3) is 0 Å². The Kier molecular flexibility index (Phi) is 4.36. The summed E-state index contributed by atoms with van der Waals surface area (Å²) in [6, 6.07) is 0. The second-order valence-electron chi connectivity index (χ2n) is 4.87. The minimum Gasteiger partial charge on any atom is -0.480 e. The van der Waals surface area contributed by atoms with Gasteiger partial charge in [-0.15, -0.1) is 0 Å². The van der Waals surface area contributed by atoms with Gasteiger partial charge >= 0.3 is 5.97 Å². The van der Waals surface area contributed by atoms with Crippen molar-refractivity contribution >= 4 is 5.97 Å². The van der Waals surface area contributed by atoms with Crippen molar-refractivity contribution < 1.29 is 19.4 Å². The summed E-state index contributed by atoms with van der Waals surface area (Å²) in [5.41, 5.74) is -0.806. The molecule has 0 aromatic heterocycles. The summed E-state index contributed by atoms with van der Waals surface area (Å²) in [7, 11) is 0. The van der Waals surface area contributed by atoms with Crippen LogP contribution in [0.1, 0.15) is 32.1 Å². The molecule has 2 aliphatic rings. The van der Waals surface area contributed by atoms with Crippen molar-refractivity contribution in [3.8, 4) is 0 Å². The molecule has 2 heterocycles. The molecule has 0 aliphatic carbocycles. The number of ether oxygens (including phenoxy) is 2. The Hall–Kier alpha value is -0.650. The minimum absolute atomic E-state index is 0.169. The summed E-state index contributed by atoms with van der Waals surface area (Å²) in [6.45, 7) is 2.47. The predicted molar refractivity (Wildman–Crippen MR) is 62.0 cm³/mol. The van der Waals surface area contributed by atoms with Crippen LogP contribution in [0.15, 0.2) is 0 Å². The fraction of sp³-hybridized carbons (Fsp3) is 0.917. The molecule has 98 valence electrons.